The molecule has 31 heavy (non-hydrogen) atoms. The van der Waals surface area contributed by atoms with Crippen LogP contribution in [0.25, 0.3) is 6.08 Å². The van der Waals surface area contributed by atoms with Gasteiger partial charge in [0.2, 0.25) is 0 Å². The van der Waals surface area contributed by atoms with Crippen LogP contribution in [0.4, 0.5) is 0 Å². The molecule has 0 bridgehead atoms. The number of carbonyl (C=O) groups is 2. The van der Waals surface area contributed by atoms with Crippen LogP contribution in [0.2, 0.25) is 0 Å². The van der Waals surface area contributed by atoms with Crippen molar-refractivity contribution in [2.45, 2.75) is 26.3 Å². The van der Waals surface area contributed by atoms with Crippen LogP contribution in [-0.2, 0) is 4.79 Å². The second-order valence-corrected chi connectivity index (χ2v) is 8.08. The van der Waals surface area contributed by atoms with Crippen molar-refractivity contribution in [3.63, 3.8) is 0 Å². The predicted octanol–water partition coefficient (Wildman–Crippen LogP) is 5.10. The Bertz CT molecular complexity index is 1060. The molecule has 0 saturated heterocycles. The van der Waals surface area contributed by atoms with Gasteiger partial charge in [0.15, 0.2) is 0 Å². The number of rotatable bonds is 8. The molecule has 2 aromatic carbocycles. The van der Waals surface area contributed by atoms with Crippen molar-refractivity contribution in [2.24, 2.45) is 0 Å². The largest absolute Gasteiger partial charge is 0.497 e. The van der Waals surface area contributed by atoms with Crippen LogP contribution in [0.3, 0.4) is 0 Å². The minimum absolute atomic E-state index is 0.194. The van der Waals surface area contributed by atoms with E-state index in [9.17, 15) is 9.59 Å². The zero-order chi connectivity index (χ0) is 22.2. The molecule has 0 aliphatic rings. The summed E-state index contributed by atoms with van der Waals surface area (Å²) < 4.78 is 5.21. The van der Waals surface area contributed by atoms with E-state index < -0.39 is 0 Å². The molecule has 2 amide bonds. The normalized spacial score (nSPS) is 12.2. The van der Waals surface area contributed by atoms with Gasteiger partial charge in [0.05, 0.1) is 13.2 Å². The van der Waals surface area contributed by atoms with Gasteiger partial charge < -0.3 is 15.4 Å². The molecule has 0 fully saturated rings. The molecule has 5 nitrogen and oxygen atoms in total. The third-order valence-electron chi connectivity index (χ3n) is 4.83. The van der Waals surface area contributed by atoms with Gasteiger partial charge in [-0.1, -0.05) is 42.8 Å². The minimum Gasteiger partial charge on any atom is -0.497 e. The summed E-state index contributed by atoms with van der Waals surface area (Å²) in [4.78, 5) is 26.8. The lowest BCUT2D eigenvalue weighted by Gasteiger charge is -2.19. The van der Waals surface area contributed by atoms with Crippen molar-refractivity contribution in [3.8, 4) is 5.75 Å². The van der Waals surface area contributed by atoms with Crippen LogP contribution < -0.4 is 15.4 Å². The van der Waals surface area contributed by atoms with E-state index in [0.717, 1.165) is 21.8 Å². The number of hydrogen-bond donors (Lipinski definition) is 2. The summed E-state index contributed by atoms with van der Waals surface area (Å²) >= 11 is 1.50. The summed E-state index contributed by atoms with van der Waals surface area (Å²) in [6.45, 7) is 3.93. The Morgan fingerprint density at radius 1 is 1.10 bits per heavy atom. The van der Waals surface area contributed by atoms with Crippen LogP contribution in [0, 0.1) is 6.92 Å². The maximum atomic E-state index is 13.2. The first-order chi connectivity index (χ1) is 15.0. The lowest BCUT2D eigenvalue weighted by molar-refractivity contribution is -0.118. The summed E-state index contributed by atoms with van der Waals surface area (Å²) in [5.74, 6) is 0.102. The summed E-state index contributed by atoms with van der Waals surface area (Å²) in [6, 6.07) is 18.5. The smallest absolute Gasteiger partial charge is 0.268 e. The first-order valence-corrected chi connectivity index (χ1v) is 11.0. The van der Waals surface area contributed by atoms with Crippen LogP contribution >= 0.6 is 11.3 Å². The maximum absolute atomic E-state index is 13.2. The average molecular weight is 435 g/mol. The molecule has 0 aliphatic carbocycles. The molecular weight excluding hydrogens is 408 g/mol. The number of ether oxygens (including phenoxy) is 1. The number of benzene rings is 2. The van der Waals surface area contributed by atoms with Gasteiger partial charge in [-0.2, -0.15) is 0 Å². The molecule has 1 heterocycles. The fraction of sp³-hybridized carbons (Fsp3) is 0.200. The van der Waals surface area contributed by atoms with E-state index >= 15 is 0 Å². The van der Waals surface area contributed by atoms with E-state index in [1.807, 2.05) is 67.8 Å². The number of carbonyl (C=O) groups excluding carboxylic acids is 2. The van der Waals surface area contributed by atoms with Crippen molar-refractivity contribution in [1.29, 1.82) is 0 Å². The highest BCUT2D eigenvalue weighted by molar-refractivity contribution is 7.10. The molecule has 160 valence electrons. The van der Waals surface area contributed by atoms with Crippen LogP contribution in [0.1, 0.15) is 45.7 Å². The molecule has 3 aromatic rings. The van der Waals surface area contributed by atoms with Crippen LogP contribution in [0.15, 0.2) is 71.7 Å². The van der Waals surface area contributed by atoms with Gasteiger partial charge in [-0.15, -0.1) is 11.3 Å². The lowest BCUT2D eigenvalue weighted by atomic mass is 10.0. The highest BCUT2D eigenvalue weighted by atomic mass is 32.1. The molecule has 2 N–H and O–H groups in total. The number of aryl methyl sites for hydroxylation is 1. The van der Waals surface area contributed by atoms with E-state index in [-0.39, 0.29) is 23.6 Å². The number of methoxy groups -OCH3 is 1. The zero-order valence-electron chi connectivity index (χ0n) is 17.8. The van der Waals surface area contributed by atoms with Gasteiger partial charge in [0.1, 0.15) is 11.4 Å². The van der Waals surface area contributed by atoms with E-state index in [4.69, 9.17) is 4.74 Å². The van der Waals surface area contributed by atoms with Gasteiger partial charge in [0, 0.05) is 10.4 Å². The molecule has 0 saturated carbocycles. The van der Waals surface area contributed by atoms with Crippen LogP contribution in [0.5, 0.6) is 5.75 Å². The number of thiophene rings is 1. The van der Waals surface area contributed by atoms with E-state index in [0.29, 0.717) is 12.0 Å². The molecular formula is C25H26N2O3S. The minimum atomic E-state index is -0.336. The quantitative estimate of drug-likeness (QED) is 0.485. The highest BCUT2D eigenvalue weighted by Crippen LogP contribution is 2.21. The molecule has 3 rings (SSSR count). The Labute approximate surface area is 186 Å². The third kappa shape index (κ3) is 6.06. The Balaban J connectivity index is 1.82. The Morgan fingerprint density at radius 3 is 2.48 bits per heavy atom. The van der Waals surface area contributed by atoms with Crippen molar-refractivity contribution >= 4 is 29.2 Å². The second kappa shape index (κ2) is 10.6. The fourth-order valence-electron chi connectivity index (χ4n) is 3.15. The van der Waals surface area contributed by atoms with E-state index in [2.05, 4.69) is 10.6 Å². The number of nitrogens with one attached hydrogen (secondary N) is 2. The molecule has 6 heteroatoms. The second-order valence-electron chi connectivity index (χ2n) is 7.10. The summed E-state index contributed by atoms with van der Waals surface area (Å²) in [5, 5.41) is 7.76. The van der Waals surface area contributed by atoms with Gasteiger partial charge in [-0.25, -0.2) is 0 Å². The maximum Gasteiger partial charge on any atom is 0.268 e. The van der Waals surface area contributed by atoms with E-state index in [1.165, 1.54) is 11.3 Å². The first kappa shape index (κ1) is 22.3. The monoisotopic (exact) mass is 434 g/mol. The molecule has 0 aliphatic heterocycles. The Kier molecular flexibility index (Phi) is 7.62. The van der Waals surface area contributed by atoms with E-state index in [1.54, 1.807) is 25.3 Å². The van der Waals surface area contributed by atoms with Crippen molar-refractivity contribution in [1.82, 2.24) is 10.6 Å². The van der Waals surface area contributed by atoms with Gasteiger partial charge in [0.25, 0.3) is 11.8 Å². The molecule has 1 aromatic heterocycles. The lowest BCUT2D eigenvalue weighted by Crippen LogP contribution is -2.36. The third-order valence-corrected chi connectivity index (χ3v) is 5.65. The fourth-order valence-corrected chi connectivity index (χ4v) is 3.81. The van der Waals surface area contributed by atoms with Crippen molar-refractivity contribution in [3.05, 3.63) is 93.3 Å². The number of hydrogen-bond acceptors (Lipinski definition) is 4. The van der Waals surface area contributed by atoms with Gasteiger partial charge in [-0.3, -0.25) is 9.59 Å². The van der Waals surface area contributed by atoms with Crippen molar-refractivity contribution < 1.29 is 14.3 Å². The Morgan fingerprint density at radius 2 is 1.87 bits per heavy atom. The van der Waals surface area contributed by atoms with Crippen molar-refractivity contribution in [2.75, 3.05) is 7.11 Å². The average Bonchev–Trinajstić information content (AvgIpc) is 3.30. The molecule has 1 atom stereocenters. The predicted molar refractivity (Wildman–Crippen MR) is 125 cm³/mol. The summed E-state index contributed by atoms with van der Waals surface area (Å²) in [5.41, 5.74) is 2.66. The zero-order valence-corrected chi connectivity index (χ0v) is 18.7. The van der Waals surface area contributed by atoms with Gasteiger partial charge in [-0.05, 0) is 60.7 Å². The standard InChI is InChI=1S/C25H26N2O3S/c1-4-22(18-10-12-20(30-3)13-11-18)26-25(29)23(16-21-9-6-14-31-21)27-24(28)19-8-5-7-17(2)15-19/h5-16,22H,4H2,1-3H3,(H,26,29)(H,27,28)/b23-16-. The Hall–Kier alpha value is -3.38. The highest BCUT2D eigenvalue weighted by Gasteiger charge is 2.19. The number of amides is 2. The molecule has 0 radical (unpaired) electrons. The first-order valence-electron chi connectivity index (χ1n) is 10.1. The SMILES string of the molecule is CCC(NC(=O)/C(=C/c1cccs1)NC(=O)c1cccc(C)c1)c1ccc(OC)cc1. The molecule has 0 spiro atoms. The van der Waals surface area contributed by atoms with Gasteiger partial charge >= 0.3 is 0 Å². The van der Waals surface area contributed by atoms with Crippen LogP contribution in [-0.4, -0.2) is 18.9 Å². The topological polar surface area (TPSA) is 67.4 Å². The summed E-state index contributed by atoms with van der Waals surface area (Å²) in [7, 11) is 1.62. The summed E-state index contributed by atoms with van der Waals surface area (Å²) in [6.07, 6.45) is 2.41. The molecule has 1 unspecified atom stereocenters.